The molecule has 1 saturated heterocycles. The molecule has 0 atom stereocenters. The summed E-state index contributed by atoms with van der Waals surface area (Å²) in [5.74, 6) is 2.48. The fourth-order valence-electron chi connectivity index (χ4n) is 2.58. The van der Waals surface area contributed by atoms with E-state index in [0.717, 1.165) is 38.4 Å². The molecule has 23 heavy (non-hydrogen) atoms. The quantitative estimate of drug-likeness (QED) is 0.268. The number of nitrogens with zero attached hydrogens (tertiary/aromatic N) is 2. The molecule has 7 heteroatoms. The minimum absolute atomic E-state index is 0. The highest BCUT2D eigenvalue weighted by Gasteiger charge is 2.24. The van der Waals surface area contributed by atoms with E-state index in [-0.39, 0.29) is 35.8 Å². The molecule has 0 aromatic carbocycles. The summed E-state index contributed by atoms with van der Waals surface area (Å²) in [4.78, 5) is 18.3. The second kappa shape index (κ2) is 13.1. The van der Waals surface area contributed by atoms with Crippen LogP contribution in [0.25, 0.3) is 0 Å². The minimum Gasteiger partial charge on any atom is -0.356 e. The van der Waals surface area contributed by atoms with Crippen molar-refractivity contribution in [2.45, 2.75) is 45.6 Å². The number of rotatable bonds is 7. The van der Waals surface area contributed by atoms with Gasteiger partial charge in [-0.25, -0.2) is 0 Å². The second-order valence-electron chi connectivity index (χ2n) is 6.10. The molecular weight excluding hydrogens is 423 g/mol. The van der Waals surface area contributed by atoms with Gasteiger partial charge in [0.05, 0.1) is 0 Å². The van der Waals surface area contributed by atoms with Crippen LogP contribution in [0.4, 0.5) is 0 Å². The summed E-state index contributed by atoms with van der Waals surface area (Å²) in [5, 5.41) is 6.86. The number of amides is 1. The van der Waals surface area contributed by atoms with Crippen LogP contribution in [0.3, 0.4) is 0 Å². The fraction of sp³-hybridized carbons (Fsp3) is 0.875. The van der Waals surface area contributed by atoms with Crippen molar-refractivity contribution in [2.75, 3.05) is 38.7 Å². The third kappa shape index (κ3) is 9.02. The van der Waals surface area contributed by atoms with Gasteiger partial charge in [-0.15, -0.1) is 24.0 Å². The van der Waals surface area contributed by atoms with E-state index >= 15 is 0 Å². The number of halogens is 1. The van der Waals surface area contributed by atoms with E-state index in [9.17, 15) is 4.79 Å². The Labute approximate surface area is 162 Å². The number of likely N-dealkylation sites (tertiary alicyclic amines) is 1. The Kier molecular flexibility index (Phi) is 13.0. The number of carbonyl (C=O) groups excluding carboxylic acids is 1. The number of hydrogen-bond acceptors (Lipinski definition) is 3. The Balaban J connectivity index is 0.00000484. The molecule has 1 aliphatic heterocycles. The average Bonchev–Trinajstić information content (AvgIpc) is 2.53. The lowest BCUT2D eigenvalue weighted by Gasteiger charge is -2.34. The molecule has 5 nitrogen and oxygen atoms in total. The standard InChI is InChI=1S/C16H32N4OS.HI/c1-13(2)15(21)20-10-7-14(8-11-20)19-16(17-3)18-9-5-6-12-22-4;/h13-14H,5-12H2,1-4H3,(H2,17,18,19);1H. The molecule has 0 bridgehead atoms. The van der Waals surface area contributed by atoms with Gasteiger partial charge in [0, 0.05) is 38.6 Å². The zero-order valence-corrected chi connectivity index (χ0v) is 18.1. The van der Waals surface area contributed by atoms with Crippen molar-refractivity contribution in [1.29, 1.82) is 0 Å². The molecule has 1 amide bonds. The number of piperidine rings is 1. The van der Waals surface area contributed by atoms with Crippen LogP contribution in [0.15, 0.2) is 4.99 Å². The van der Waals surface area contributed by atoms with Crippen LogP contribution < -0.4 is 10.6 Å². The van der Waals surface area contributed by atoms with Gasteiger partial charge in [-0.05, 0) is 37.7 Å². The zero-order chi connectivity index (χ0) is 16.4. The van der Waals surface area contributed by atoms with Crippen LogP contribution in [0.5, 0.6) is 0 Å². The van der Waals surface area contributed by atoms with Crippen molar-refractivity contribution in [3.8, 4) is 0 Å². The maximum Gasteiger partial charge on any atom is 0.225 e. The Morgan fingerprint density at radius 2 is 1.96 bits per heavy atom. The number of carbonyl (C=O) groups is 1. The van der Waals surface area contributed by atoms with Crippen molar-refractivity contribution in [3.63, 3.8) is 0 Å². The predicted octanol–water partition coefficient (Wildman–Crippen LogP) is 2.56. The van der Waals surface area contributed by atoms with Crippen LogP contribution in [-0.2, 0) is 4.79 Å². The van der Waals surface area contributed by atoms with Gasteiger partial charge in [-0.1, -0.05) is 13.8 Å². The van der Waals surface area contributed by atoms with Crippen molar-refractivity contribution in [1.82, 2.24) is 15.5 Å². The van der Waals surface area contributed by atoms with Gasteiger partial charge in [-0.2, -0.15) is 11.8 Å². The fourth-order valence-corrected chi connectivity index (χ4v) is 3.07. The molecule has 1 fully saturated rings. The molecule has 0 radical (unpaired) electrons. The molecule has 1 heterocycles. The first kappa shape index (κ1) is 22.8. The highest BCUT2D eigenvalue weighted by molar-refractivity contribution is 14.0. The van der Waals surface area contributed by atoms with E-state index in [0.29, 0.717) is 6.04 Å². The van der Waals surface area contributed by atoms with E-state index in [4.69, 9.17) is 0 Å². The van der Waals surface area contributed by atoms with Gasteiger partial charge in [0.1, 0.15) is 0 Å². The van der Waals surface area contributed by atoms with Crippen molar-refractivity contribution < 1.29 is 4.79 Å². The molecule has 0 saturated carbocycles. The average molecular weight is 456 g/mol. The SMILES string of the molecule is CN=C(NCCCCSC)NC1CCN(C(=O)C(C)C)CC1.I. The molecule has 0 aliphatic carbocycles. The highest BCUT2D eigenvalue weighted by atomic mass is 127. The highest BCUT2D eigenvalue weighted by Crippen LogP contribution is 2.13. The van der Waals surface area contributed by atoms with E-state index in [2.05, 4.69) is 21.9 Å². The van der Waals surface area contributed by atoms with E-state index in [1.807, 2.05) is 37.6 Å². The number of unbranched alkanes of at least 4 members (excludes halogenated alkanes) is 1. The molecule has 0 aromatic heterocycles. The summed E-state index contributed by atoms with van der Waals surface area (Å²) in [6, 6.07) is 0.411. The van der Waals surface area contributed by atoms with E-state index < -0.39 is 0 Å². The van der Waals surface area contributed by atoms with Gasteiger partial charge in [0.15, 0.2) is 5.96 Å². The first-order valence-corrected chi connectivity index (χ1v) is 9.72. The topological polar surface area (TPSA) is 56.7 Å². The van der Waals surface area contributed by atoms with Crippen LogP contribution >= 0.6 is 35.7 Å². The molecule has 1 aliphatic rings. The van der Waals surface area contributed by atoms with Gasteiger partial charge < -0.3 is 15.5 Å². The summed E-state index contributed by atoms with van der Waals surface area (Å²) in [6.07, 6.45) is 6.53. The van der Waals surface area contributed by atoms with Crippen LogP contribution in [0, 0.1) is 5.92 Å². The molecule has 136 valence electrons. The number of hydrogen-bond donors (Lipinski definition) is 2. The van der Waals surface area contributed by atoms with Gasteiger partial charge in [0.25, 0.3) is 0 Å². The summed E-state index contributed by atoms with van der Waals surface area (Å²) in [7, 11) is 1.81. The molecule has 1 rings (SSSR count). The van der Waals surface area contributed by atoms with Gasteiger partial charge in [-0.3, -0.25) is 9.79 Å². The maximum absolute atomic E-state index is 12.0. The first-order valence-electron chi connectivity index (χ1n) is 8.33. The Hall–Kier alpha value is -0.180. The number of aliphatic imine (C=N–C) groups is 1. The molecule has 0 spiro atoms. The van der Waals surface area contributed by atoms with Crippen molar-refractivity contribution in [2.24, 2.45) is 10.9 Å². The lowest BCUT2D eigenvalue weighted by molar-refractivity contribution is -0.135. The second-order valence-corrected chi connectivity index (χ2v) is 7.08. The van der Waals surface area contributed by atoms with Crippen LogP contribution in [0.1, 0.15) is 39.5 Å². The molecule has 2 N–H and O–H groups in total. The first-order chi connectivity index (χ1) is 10.6. The van der Waals surface area contributed by atoms with Crippen molar-refractivity contribution >= 4 is 47.6 Å². The lowest BCUT2D eigenvalue weighted by Crippen LogP contribution is -2.50. The molecule has 0 aromatic rings. The third-order valence-electron chi connectivity index (χ3n) is 3.93. The summed E-state index contributed by atoms with van der Waals surface area (Å²) >= 11 is 1.89. The minimum atomic E-state index is 0. The monoisotopic (exact) mass is 456 g/mol. The Morgan fingerprint density at radius 3 is 2.48 bits per heavy atom. The number of thioether (sulfide) groups is 1. The summed E-state index contributed by atoms with van der Waals surface area (Å²) < 4.78 is 0. The van der Waals surface area contributed by atoms with Crippen LogP contribution in [0.2, 0.25) is 0 Å². The maximum atomic E-state index is 12.0. The Bertz CT molecular complexity index is 358. The molecule has 0 unspecified atom stereocenters. The smallest absolute Gasteiger partial charge is 0.225 e. The van der Waals surface area contributed by atoms with Crippen molar-refractivity contribution in [3.05, 3.63) is 0 Å². The predicted molar refractivity (Wildman–Crippen MR) is 112 cm³/mol. The number of guanidine groups is 1. The summed E-state index contributed by atoms with van der Waals surface area (Å²) in [6.45, 7) is 6.59. The van der Waals surface area contributed by atoms with E-state index in [1.54, 1.807) is 0 Å². The molecular formula is C16H33IN4OS. The van der Waals surface area contributed by atoms with Gasteiger partial charge >= 0.3 is 0 Å². The van der Waals surface area contributed by atoms with E-state index in [1.165, 1.54) is 18.6 Å². The number of nitrogens with one attached hydrogen (secondary N) is 2. The largest absolute Gasteiger partial charge is 0.356 e. The summed E-state index contributed by atoms with van der Waals surface area (Å²) in [5.41, 5.74) is 0. The van der Waals surface area contributed by atoms with Gasteiger partial charge in [0.2, 0.25) is 5.91 Å². The lowest BCUT2D eigenvalue weighted by atomic mass is 10.0. The zero-order valence-electron chi connectivity index (χ0n) is 14.9. The normalized spacial score (nSPS) is 16.2. The van der Waals surface area contributed by atoms with Crippen LogP contribution in [-0.4, -0.2) is 61.5 Å². The third-order valence-corrected chi connectivity index (χ3v) is 4.63. The Morgan fingerprint density at radius 1 is 1.30 bits per heavy atom.